The summed E-state index contributed by atoms with van der Waals surface area (Å²) in [5, 5.41) is 2.21. The zero-order valence-corrected chi connectivity index (χ0v) is 21.7. The number of hydrogen-bond acceptors (Lipinski definition) is 3. The minimum absolute atomic E-state index is 0.178. The van der Waals surface area contributed by atoms with Gasteiger partial charge >= 0.3 is 0 Å². The van der Waals surface area contributed by atoms with Gasteiger partial charge in [-0.05, 0) is 63.9 Å². The number of nitrogens with zero attached hydrogens (tertiary/aromatic N) is 1. The van der Waals surface area contributed by atoms with Gasteiger partial charge in [-0.3, -0.25) is 9.59 Å². The fourth-order valence-corrected chi connectivity index (χ4v) is 6.23. The van der Waals surface area contributed by atoms with E-state index in [4.69, 9.17) is 7.85 Å². The van der Waals surface area contributed by atoms with Crippen LogP contribution in [0.4, 0.5) is 17.1 Å². The number of benzene rings is 5. The lowest BCUT2D eigenvalue weighted by Gasteiger charge is -2.42. The van der Waals surface area contributed by atoms with Gasteiger partial charge in [-0.2, -0.15) is 0 Å². The molecule has 2 radical (unpaired) electrons. The standard InChI is InChI=1S/C35H24BNO2/c1-35(2)29-10-6-7-11-30(29)37(24-8-4-3-5-9-24)31-17-13-22-18-21(12-15-25(22)32(31)35)19-28-33(38)26-16-14-23(36)20-27(26)34(28)39/h3-20H,1-2H3/b28-19-. The molecular formula is C35H24BNO2. The van der Waals surface area contributed by atoms with E-state index in [9.17, 15) is 9.59 Å². The molecule has 1 heterocycles. The second kappa shape index (κ2) is 8.41. The van der Waals surface area contributed by atoms with Crippen molar-refractivity contribution in [2.75, 3.05) is 4.90 Å². The smallest absolute Gasteiger partial charge is 0.197 e. The van der Waals surface area contributed by atoms with Gasteiger partial charge in [0.05, 0.1) is 16.9 Å². The van der Waals surface area contributed by atoms with Gasteiger partial charge in [-0.25, -0.2) is 0 Å². The first-order valence-corrected chi connectivity index (χ1v) is 13.1. The van der Waals surface area contributed by atoms with E-state index in [0.29, 0.717) is 16.6 Å². The highest BCUT2D eigenvalue weighted by atomic mass is 16.2. The van der Waals surface area contributed by atoms with Crippen LogP contribution in [0.25, 0.3) is 16.8 Å². The third kappa shape index (κ3) is 3.45. The maximum atomic E-state index is 13.0. The lowest BCUT2D eigenvalue weighted by atomic mass is 9.71. The Hall–Kier alpha value is -4.70. The van der Waals surface area contributed by atoms with Crippen molar-refractivity contribution in [3.63, 3.8) is 0 Å². The van der Waals surface area contributed by atoms with Crippen LogP contribution in [0.3, 0.4) is 0 Å². The molecule has 1 aliphatic carbocycles. The van der Waals surface area contributed by atoms with E-state index < -0.39 is 0 Å². The summed E-state index contributed by atoms with van der Waals surface area (Å²) < 4.78 is 0. The van der Waals surface area contributed by atoms with Crippen molar-refractivity contribution in [1.29, 1.82) is 0 Å². The highest BCUT2D eigenvalue weighted by Crippen LogP contribution is 2.53. The largest absolute Gasteiger partial charge is 0.310 e. The van der Waals surface area contributed by atoms with E-state index in [0.717, 1.165) is 27.7 Å². The molecule has 0 aromatic heterocycles. The molecule has 0 saturated heterocycles. The molecule has 0 fully saturated rings. The Balaban J connectivity index is 1.39. The Kier molecular flexibility index (Phi) is 5.05. The molecule has 7 rings (SSSR count). The molecule has 39 heavy (non-hydrogen) atoms. The van der Waals surface area contributed by atoms with E-state index in [2.05, 4.69) is 91.5 Å². The minimum Gasteiger partial charge on any atom is -0.310 e. The topological polar surface area (TPSA) is 37.4 Å². The molecule has 0 unspecified atom stereocenters. The lowest BCUT2D eigenvalue weighted by molar-refractivity contribution is 0.0990. The van der Waals surface area contributed by atoms with Crippen molar-refractivity contribution in [3.05, 3.63) is 137 Å². The molecule has 5 aromatic carbocycles. The number of allylic oxidation sites excluding steroid dienone is 1. The maximum Gasteiger partial charge on any atom is 0.197 e. The van der Waals surface area contributed by atoms with Gasteiger partial charge in [0.2, 0.25) is 0 Å². The third-order valence-electron chi connectivity index (χ3n) is 8.05. The van der Waals surface area contributed by atoms with Crippen LogP contribution in [0, 0.1) is 0 Å². The fraction of sp³-hybridized carbons (Fsp3) is 0.0857. The summed E-state index contributed by atoms with van der Waals surface area (Å²) >= 11 is 0. The quantitative estimate of drug-likeness (QED) is 0.146. The van der Waals surface area contributed by atoms with Crippen LogP contribution in [-0.2, 0) is 5.41 Å². The molecule has 2 aliphatic rings. The molecule has 0 amide bonds. The van der Waals surface area contributed by atoms with Crippen LogP contribution in [0.1, 0.15) is 51.3 Å². The van der Waals surface area contributed by atoms with Crippen LogP contribution in [0.2, 0.25) is 0 Å². The average Bonchev–Trinajstić information content (AvgIpc) is 3.17. The van der Waals surface area contributed by atoms with Crippen molar-refractivity contribution in [2.24, 2.45) is 0 Å². The second-order valence-electron chi connectivity index (χ2n) is 10.8. The number of ketones is 2. The van der Waals surface area contributed by atoms with Gasteiger partial charge in [0.15, 0.2) is 11.6 Å². The molecule has 0 N–H and O–H groups in total. The molecule has 184 valence electrons. The van der Waals surface area contributed by atoms with Gasteiger partial charge in [-0.1, -0.05) is 92.1 Å². The van der Waals surface area contributed by atoms with Crippen LogP contribution in [0.5, 0.6) is 0 Å². The number of carbonyl (C=O) groups is 2. The Morgan fingerprint density at radius 3 is 2.28 bits per heavy atom. The van der Waals surface area contributed by atoms with Gasteiger partial charge in [0.1, 0.15) is 7.85 Å². The Bertz CT molecular complexity index is 1880. The molecular weight excluding hydrogens is 477 g/mol. The molecule has 1 aliphatic heterocycles. The Labute approximate surface area is 228 Å². The first-order valence-electron chi connectivity index (χ1n) is 13.1. The van der Waals surface area contributed by atoms with Crippen LogP contribution < -0.4 is 10.4 Å². The number of hydrogen-bond donors (Lipinski definition) is 0. The third-order valence-corrected chi connectivity index (χ3v) is 8.05. The molecule has 4 heteroatoms. The minimum atomic E-state index is -0.274. The van der Waals surface area contributed by atoms with Gasteiger partial charge in [-0.15, -0.1) is 0 Å². The van der Waals surface area contributed by atoms with Gasteiger partial charge in [0, 0.05) is 22.2 Å². The fourth-order valence-electron chi connectivity index (χ4n) is 6.23. The second-order valence-corrected chi connectivity index (χ2v) is 10.8. The summed E-state index contributed by atoms with van der Waals surface area (Å²) in [4.78, 5) is 28.4. The zero-order chi connectivity index (χ0) is 26.9. The van der Waals surface area contributed by atoms with Gasteiger partial charge < -0.3 is 4.90 Å². The number of carbonyl (C=O) groups excluding carboxylic acids is 2. The maximum absolute atomic E-state index is 13.0. The molecule has 5 aromatic rings. The van der Waals surface area contributed by atoms with E-state index in [1.807, 2.05) is 12.1 Å². The Morgan fingerprint density at radius 1 is 0.718 bits per heavy atom. The molecule has 0 bridgehead atoms. The molecule has 0 spiro atoms. The molecule has 0 atom stereocenters. The van der Waals surface area contributed by atoms with E-state index in [1.54, 1.807) is 24.3 Å². The first-order chi connectivity index (χ1) is 18.8. The number of fused-ring (bicyclic) bond motifs is 5. The summed E-state index contributed by atoms with van der Waals surface area (Å²) in [6.45, 7) is 4.56. The van der Waals surface area contributed by atoms with E-state index >= 15 is 0 Å². The van der Waals surface area contributed by atoms with E-state index in [1.165, 1.54) is 16.8 Å². The number of para-hydroxylation sites is 2. The van der Waals surface area contributed by atoms with Crippen molar-refractivity contribution in [3.8, 4) is 0 Å². The van der Waals surface area contributed by atoms with Crippen LogP contribution in [0.15, 0.2) is 109 Å². The highest BCUT2D eigenvalue weighted by molar-refractivity contribution is 6.43. The van der Waals surface area contributed by atoms with Crippen LogP contribution >= 0.6 is 0 Å². The monoisotopic (exact) mass is 501 g/mol. The predicted molar refractivity (Wildman–Crippen MR) is 159 cm³/mol. The molecule has 0 saturated carbocycles. The zero-order valence-electron chi connectivity index (χ0n) is 21.7. The van der Waals surface area contributed by atoms with Crippen molar-refractivity contribution >= 4 is 58.8 Å². The lowest BCUT2D eigenvalue weighted by Crippen LogP contribution is -2.30. The summed E-state index contributed by atoms with van der Waals surface area (Å²) in [6.07, 6.45) is 1.70. The SMILES string of the molecule is [B]c1ccc2c(c1)C(=O)/C(=C\c1ccc3c4c(ccc3c1)N(c1ccccc1)c1ccccc1C4(C)C)C2=O. The van der Waals surface area contributed by atoms with Crippen molar-refractivity contribution in [2.45, 2.75) is 19.3 Å². The number of rotatable bonds is 2. The van der Waals surface area contributed by atoms with Crippen molar-refractivity contribution in [1.82, 2.24) is 0 Å². The number of anilines is 3. The van der Waals surface area contributed by atoms with E-state index in [-0.39, 0.29) is 22.6 Å². The summed E-state index contributed by atoms with van der Waals surface area (Å²) in [6, 6.07) is 34.4. The average molecular weight is 501 g/mol. The normalized spacial score (nSPS) is 16.4. The number of Topliss-reactive ketones (excluding diaryl/α,β-unsaturated/α-hetero) is 2. The summed E-state index contributed by atoms with van der Waals surface area (Å²) in [7, 11) is 5.87. The molecule has 3 nitrogen and oxygen atoms in total. The van der Waals surface area contributed by atoms with Gasteiger partial charge in [0.25, 0.3) is 0 Å². The Morgan fingerprint density at radius 2 is 1.46 bits per heavy atom. The van der Waals surface area contributed by atoms with Crippen LogP contribution in [-0.4, -0.2) is 19.4 Å². The summed E-state index contributed by atoms with van der Waals surface area (Å²) in [5.74, 6) is -0.527. The first kappa shape index (κ1) is 23.4. The predicted octanol–water partition coefficient (Wildman–Crippen LogP) is 7.21. The van der Waals surface area contributed by atoms with Crippen molar-refractivity contribution < 1.29 is 9.59 Å². The summed E-state index contributed by atoms with van der Waals surface area (Å²) in [5.41, 5.74) is 7.97. The highest BCUT2D eigenvalue weighted by Gasteiger charge is 2.38.